The number of hydrogen-bond acceptors (Lipinski definition) is 3. The summed E-state index contributed by atoms with van der Waals surface area (Å²) < 4.78 is 7.27. The van der Waals surface area contributed by atoms with Crippen molar-refractivity contribution >= 4 is 11.9 Å². The number of ketones is 1. The quantitative estimate of drug-likeness (QED) is 0.601. The maximum atomic E-state index is 12.1. The van der Waals surface area contributed by atoms with Crippen molar-refractivity contribution in [3.63, 3.8) is 0 Å². The van der Waals surface area contributed by atoms with E-state index in [9.17, 15) is 4.79 Å². The fraction of sp³-hybridized carbons (Fsp3) is 0.294. The van der Waals surface area contributed by atoms with Crippen LogP contribution in [0.5, 0.6) is 5.75 Å². The highest BCUT2D eigenvalue weighted by Crippen LogP contribution is 2.15. The molecule has 2 aromatic rings. The lowest BCUT2D eigenvalue weighted by molar-refractivity contribution is 0.103. The van der Waals surface area contributed by atoms with Gasteiger partial charge in [0.1, 0.15) is 11.4 Å². The molecular weight excluding hydrogens is 264 g/mol. The van der Waals surface area contributed by atoms with Crippen molar-refractivity contribution in [2.24, 2.45) is 0 Å². The van der Waals surface area contributed by atoms with Crippen LogP contribution in [0.25, 0.3) is 6.08 Å². The Hall–Kier alpha value is -2.36. The first kappa shape index (κ1) is 15.0. The summed E-state index contributed by atoms with van der Waals surface area (Å²) in [5.74, 6) is 0.786. The third-order valence-corrected chi connectivity index (χ3v) is 2.95. The molecule has 0 N–H and O–H groups in total. The molecule has 4 nitrogen and oxygen atoms in total. The van der Waals surface area contributed by atoms with E-state index in [2.05, 4.69) is 5.10 Å². The minimum atomic E-state index is -0.0446. The van der Waals surface area contributed by atoms with Crippen LogP contribution < -0.4 is 4.74 Å². The highest BCUT2D eigenvalue weighted by Gasteiger charge is 2.07. The largest absolute Gasteiger partial charge is 0.491 e. The second-order valence-corrected chi connectivity index (χ2v) is 4.97. The van der Waals surface area contributed by atoms with Gasteiger partial charge in [0.15, 0.2) is 0 Å². The lowest BCUT2D eigenvalue weighted by Crippen LogP contribution is -2.07. The minimum absolute atomic E-state index is 0.0446. The lowest BCUT2D eigenvalue weighted by Gasteiger charge is -2.09. The van der Waals surface area contributed by atoms with Gasteiger partial charge in [-0.1, -0.05) is 18.2 Å². The predicted octanol–water partition coefficient (Wildman–Crippen LogP) is 3.59. The van der Waals surface area contributed by atoms with Crippen molar-refractivity contribution in [3.05, 3.63) is 53.9 Å². The number of ether oxygens (including phenoxy) is 1. The number of benzene rings is 1. The number of hydrogen-bond donors (Lipinski definition) is 0. The maximum Gasteiger partial charge on any atom is 0.203 e. The molecule has 0 aliphatic rings. The van der Waals surface area contributed by atoms with Gasteiger partial charge in [0, 0.05) is 12.7 Å². The number of aryl methyl sites for hydroxylation is 1. The molecule has 1 aromatic heterocycles. The summed E-state index contributed by atoms with van der Waals surface area (Å²) in [6, 6.07) is 9.40. The zero-order valence-electron chi connectivity index (χ0n) is 12.6. The molecule has 110 valence electrons. The fourth-order valence-corrected chi connectivity index (χ4v) is 1.98. The second-order valence-electron chi connectivity index (χ2n) is 4.97. The third kappa shape index (κ3) is 4.05. The highest BCUT2D eigenvalue weighted by atomic mass is 16.5. The van der Waals surface area contributed by atoms with Crippen LogP contribution in [0.2, 0.25) is 0 Å². The topological polar surface area (TPSA) is 44.1 Å². The van der Waals surface area contributed by atoms with Crippen molar-refractivity contribution in [1.29, 1.82) is 0 Å². The molecule has 0 radical (unpaired) electrons. The van der Waals surface area contributed by atoms with Crippen LogP contribution in [-0.2, 0) is 6.54 Å². The summed E-state index contributed by atoms with van der Waals surface area (Å²) in [7, 11) is 0. The molecule has 0 bridgehead atoms. The average Bonchev–Trinajstić information content (AvgIpc) is 2.94. The molecule has 2 rings (SSSR count). The van der Waals surface area contributed by atoms with E-state index in [0.29, 0.717) is 12.2 Å². The highest BCUT2D eigenvalue weighted by molar-refractivity contribution is 6.05. The normalized spacial score (nSPS) is 11.2. The first-order valence-corrected chi connectivity index (χ1v) is 7.11. The number of nitrogens with zero attached hydrogens (tertiary/aromatic N) is 2. The minimum Gasteiger partial charge on any atom is -0.491 e. The standard InChI is InChI=1S/C17H20N2O2/c1-4-19-16(11-12-18-19)17(20)10-7-14-5-8-15(9-6-14)21-13(2)3/h5-13H,4H2,1-3H3/b10-7+. The van der Waals surface area contributed by atoms with Crippen LogP contribution in [-0.4, -0.2) is 21.7 Å². The monoisotopic (exact) mass is 284 g/mol. The summed E-state index contributed by atoms with van der Waals surface area (Å²) >= 11 is 0. The number of rotatable bonds is 6. The number of carbonyl (C=O) groups excluding carboxylic acids is 1. The molecule has 0 atom stereocenters. The first-order valence-electron chi connectivity index (χ1n) is 7.11. The summed E-state index contributed by atoms with van der Waals surface area (Å²) in [5, 5.41) is 4.10. The van der Waals surface area contributed by atoms with Gasteiger partial charge in [0.25, 0.3) is 0 Å². The molecule has 1 heterocycles. The SMILES string of the molecule is CCn1nccc1C(=O)/C=C/c1ccc(OC(C)C)cc1. The molecule has 0 amide bonds. The van der Waals surface area contributed by atoms with E-state index >= 15 is 0 Å². The van der Waals surface area contributed by atoms with Gasteiger partial charge in [0.2, 0.25) is 5.78 Å². The van der Waals surface area contributed by atoms with Gasteiger partial charge in [-0.25, -0.2) is 0 Å². The van der Waals surface area contributed by atoms with E-state index in [1.807, 2.05) is 45.0 Å². The lowest BCUT2D eigenvalue weighted by atomic mass is 10.1. The summed E-state index contributed by atoms with van der Waals surface area (Å²) in [6.45, 7) is 6.62. The van der Waals surface area contributed by atoms with Gasteiger partial charge in [-0.15, -0.1) is 0 Å². The Balaban J connectivity index is 2.05. The van der Waals surface area contributed by atoms with Crippen LogP contribution in [0, 0.1) is 0 Å². The van der Waals surface area contributed by atoms with Gasteiger partial charge in [-0.05, 0) is 50.6 Å². The molecule has 0 aliphatic heterocycles. The van der Waals surface area contributed by atoms with Crippen LogP contribution >= 0.6 is 0 Å². The van der Waals surface area contributed by atoms with E-state index < -0.39 is 0 Å². The van der Waals surface area contributed by atoms with Gasteiger partial charge in [-0.2, -0.15) is 5.10 Å². The number of carbonyl (C=O) groups is 1. The molecule has 0 spiro atoms. The van der Waals surface area contributed by atoms with Crippen LogP contribution in [0.3, 0.4) is 0 Å². The third-order valence-electron chi connectivity index (χ3n) is 2.95. The van der Waals surface area contributed by atoms with Crippen molar-refractivity contribution in [2.75, 3.05) is 0 Å². The van der Waals surface area contributed by atoms with E-state index in [0.717, 1.165) is 11.3 Å². The van der Waals surface area contributed by atoms with Crippen molar-refractivity contribution in [2.45, 2.75) is 33.4 Å². The molecule has 21 heavy (non-hydrogen) atoms. The van der Waals surface area contributed by atoms with Crippen molar-refractivity contribution < 1.29 is 9.53 Å². The van der Waals surface area contributed by atoms with Crippen molar-refractivity contribution in [1.82, 2.24) is 9.78 Å². The van der Waals surface area contributed by atoms with Crippen LogP contribution in [0.15, 0.2) is 42.6 Å². The van der Waals surface area contributed by atoms with Gasteiger partial charge in [-0.3, -0.25) is 9.48 Å². The Morgan fingerprint density at radius 1 is 1.29 bits per heavy atom. The van der Waals surface area contributed by atoms with E-state index in [4.69, 9.17) is 4.74 Å². The van der Waals surface area contributed by atoms with Gasteiger partial charge < -0.3 is 4.74 Å². The molecule has 0 saturated carbocycles. The number of allylic oxidation sites excluding steroid dienone is 1. The molecule has 0 unspecified atom stereocenters. The van der Waals surface area contributed by atoms with E-state index in [1.54, 1.807) is 29.1 Å². The zero-order chi connectivity index (χ0) is 15.2. The second kappa shape index (κ2) is 6.88. The molecule has 1 aromatic carbocycles. The van der Waals surface area contributed by atoms with Gasteiger partial charge >= 0.3 is 0 Å². The van der Waals surface area contributed by atoms with E-state index in [1.165, 1.54) is 0 Å². The zero-order valence-corrected chi connectivity index (χ0v) is 12.6. The van der Waals surface area contributed by atoms with Gasteiger partial charge in [0.05, 0.1) is 6.10 Å². The first-order chi connectivity index (χ1) is 10.1. The molecule has 0 fully saturated rings. The molecule has 0 aliphatic carbocycles. The smallest absolute Gasteiger partial charge is 0.203 e. The molecular formula is C17H20N2O2. The Labute approximate surface area is 125 Å². The molecule has 4 heteroatoms. The van der Waals surface area contributed by atoms with E-state index in [-0.39, 0.29) is 11.9 Å². The number of aromatic nitrogens is 2. The molecule has 0 saturated heterocycles. The Kier molecular flexibility index (Phi) is 4.93. The predicted molar refractivity (Wildman–Crippen MR) is 83.5 cm³/mol. The Morgan fingerprint density at radius 2 is 2.00 bits per heavy atom. The van der Waals surface area contributed by atoms with Crippen molar-refractivity contribution in [3.8, 4) is 5.75 Å². The van der Waals surface area contributed by atoms with Crippen LogP contribution in [0.4, 0.5) is 0 Å². The van der Waals surface area contributed by atoms with Crippen LogP contribution in [0.1, 0.15) is 36.8 Å². The maximum absolute atomic E-state index is 12.1. The summed E-state index contributed by atoms with van der Waals surface area (Å²) in [4.78, 5) is 12.1. The summed E-state index contributed by atoms with van der Waals surface area (Å²) in [6.07, 6.45) is 5.17. The Bertz CT molecular complexity index is 624. The average molecular weight is 284 g/mol. The Morgan fingerprint density at radius 3 is 2.62 bits per heavy atom. The fourth-order valence-electron chi connectivity index (χ4n) is 1.98. The summed E-state index contributed by atoms with van der Waals surface area (Å²) in [5.41, 5.74) is 1.57.